The molecule has 1 aromatic heterocycles. The molecule has 2 heterocycles. The first kappa shape index (κ1) is 10.6. The lowest BCUT2D eigenvalue weighted by molar-refractivity contribution is 0.173. The Labute approximate surface area is 104 Å². The van der Waals surface area contributed by atoms with Crippen molar-refractivity contribution in [3.63, 3.8) is 0 Å². The van der Waals surface area contributed by atoms with Crippen molar-refractivity contribution < 1.29 is 9.47 Å². The van der Waals surface area contributed by atoms with Gasteiger partial charge in [0.15, 0.2) is 11.5 Å². The molecule has 0 bridgehead atoms. The van der Waals surface area contributed by atoms with Gasteiger partial charge in [-0.25, -0.2) is 0 Å². The smallest absolute Gasteiger partial charge is 0.231 e. The van der Waals surface area contributed by atoms with Crippen molar-refractivity contribution in [1.29, 1.82) is 0 Å². The molecule has 0 radical (unpaired) electrons. The molecule has 3 nitrogen and oxygen atoms in total. The van der Waals surface area contributed by atoms with E-state index in [1.807, 2.05) is 12.1 Å². The molecular weight excluding hydrogens is 234 g/mol. The molecule has 0 aliphatic carbocycles. The summed E-state index contributed by atoms with van der Waals surface area (Å²) in [6, 6.07) is 10.2. The van der Waals surface area contributed by atoms with Gasteiger partial charge in [0, 0.05) is 23.5 Å². The van der Waals surface area contributed by atoms with Crippen LogP contribution in [0, 0.1) is 0 Å². The minimum Gasteiger partial charge on any atom is -0.454 e. The molecule has 17 heavy (non-hydrogen) atoms. The number of hydrogen-bond donors (Lipinski definition) is 1. The maximum atomic E-state index is 5.46. The van der Waals surface area contributed by atoms with Crippen molar-refractivity contribution in [3.05, 3.63) is 46.2 Å². The molecule has 3 rings (SSSR count). The van der Waals surface area contributed by atoms with Gasteiger partial charge in [-0.15, -0.1) is 11.3 Å². The highest BCUT2D eigenvalue weighted by Crippen LogP contribution is 2.35. The van der Waals surface area contributed by atoms with Crippen LogP contribution in [0.25, 0.3) is 0 Å². The van der Waals surface area contributed by atoms with E-state index in [4.69, 9.17) is 9.47 Å². The third-order valence-electron chi connectivity index (χ3n) is 2.67. The number of rotatable bonds is 4. The maximum Gasteiger partial charge on any atom is 0.231 e. The Kier molecular flexibility index (Phi) is 2.98. The van der Waals surface area contributed by atoms with Crippen LogP contribution in [-0.4, -0.2) is 6.79 Å². The minimum atomic E-state index is 0.331. The quantitative estimate of drug-likeness (QED) is 0.901. The molecule has 0 saturated heterocycles. The second-order valence-corrected chi connectivity index (χ2v) is 4.87. The fourth-order valence-electron chi connectivity index (χ4n) is 1.86. The maximum absolute atomic E-state index is 5.46. The van der Waals surface area contributed by atoms with Gasteiger partial charge in [0.25, 0.3) is 0 Å². The predicted molar refractivity (Wildman–Crippen MR) is 67.4 cm³/mol. The molecule has 0 saturated carbocycles. The van der Waals surface area contributed by atoms with E-state index in [9.17, 15) is 0 Å². The number of benzene rings is 1. The first-order valence-corrected chi connectivity index (χ1v) is 6.42. The summed E-state index contributed by atoms with van der Waals surface area (Å²) in [4.78, 5) is 1.34. The lowest BCUT2D eigenvalue weighted by Gasteiger charge is -2.06. The van der Waals surface area contributed by atoms with Crippen LogP contribution in [0.1, 0.15) is 10.4 Å². The summed E-state index contributed by atoms with van der Waals surface area (Å²) in [6.45, 7) is 2.02. The van der Waals surface area contributed by atoms with Crippen molar-refractivity contribution in [2.24, 2.45) is 0 Å². The van der Waals surface area contributed by atoms with E-state index in [0.29, 0.717) is 6.79 Å². The van der Waals surface area contributed by atoms with Crippen molar-refractivity contribution >= 4 is 11.3 Å². The van der Waals surface area contributed by atoms with Gasteiger partial charge in [-0.05, 0) is 17.5 Å². The van der Waals surface area contributed by atoms with E-state index < -0.39 is 0 Å². The normalized spacial score (nSPS) is 12.9. The number of thiophene rings is 1. The fourth-order valence-corrected chi connectivity index (χ4v) is 2.54. The lowest BCUT2D eigenvalue weighted by atomic mass is 10.2. The van der Waals surface area contributed by atoms with Gasteiger partial charge in [-0.3, -0.25) is 0 Å². The number of ether oxygens (including phenoxy) is 2. The van der Waals surface area contributed by atoms with Gasteiger partial charge in [-0.1, -0.05) is 18.2 Å². The number of hydrogen-bond acceptors (Lipinski definition) is 4. The van der Waals surface area contributed by atoms with Crippen molar-refractivity contribution in [1.82, 2.24) is 5.32 Å². The summed E-state index contributed by atoms with van der Waals surface area (Å²) < 4.78 is 10.8. The van der Waals surface area contributed by atoms with E-state index in [0.717, 1.165) is 30.2 Å². The average molecular weight is 247 g/mol. The van der Waals surface area contributed by atoms with Gasteiger partial charge in [0.2, 0.25) is 6.79 Å². The molecule has 1 N–H and O–H groups in total. The van der Waals surface area contributed by atoms with Crippen LogP contribution in [0.4, 0.5) is 0 Å². The molecule has 0 spiro atoms. The monoisotopic (exact) mass is 247 g/mol. The third kappa shape index (κ3) is 2.28. The van der Waals surface area contributed by atoms with E-state index >= 15 is 0 Å². The Morgan fingerprint density at radius 3 is 3.00 bits per heavy atom. The zero-order valence-corrected chi connectivity index (χ0v) is 10.1. The molecule has 1 aromatic carbocycles. The standard InChI is InChI=1S/C13H13NO2S/c1-3-10(13-12(5-1)15-9-16-13)7-14-8-11-4-2-6-17-11/h1-6,14H,7-9H2. The largest absolute Gasteiger partial charge is 0.454 e. The first-order chi connectivity index (χ1) is 8.43. The molecule has 0 fully saturated rings. The summed E-state index contributed by atoms with van der Waals surface area (Å²) >= 11 is 1.77. The van der Waals surface area contributed by atoms with Crippen molar-refractivity contribution in [2.45, 2.75) is 13.1 Å². The van der Waals surface area contributed by atoms with Crippen LogP contribution >= 0.6 is 11.3 Å². The van der Waals surface area contributed by atoms with E-state index in [1.165, 1.54) is 4.88 Å². The summed E-state index contributed by atoms with van der Waals surface area (Å²) in [5, 5.41) is 5.50. The van der Waals surface area contributed by atoms with Crippen LogP contribution < -0.4 is 14.8 Å². The highest BCUT2D eigenvalue weighted by molar-refractivity contribution is 7.09. The highest BCUT2D eigenvalue weighted by Gasteiger charge is 2.16. The summed E-state index contributed by atoms with van der Waals surface area (Å²) in [5.74, 6) is 1.73. The van der Waals surface area contributed by atoms with Gasteiger partial charge < -0.3 is 14.8 Å². The van der Waals surface area contributed by atoms with Crippen LogP contribution in [0.3, 0.4) is 0 Å². The molecule has 4 heteroatoms. The SMILES string of the molecule is c1csc(CNCc2cccc3c2OCO3)c1. The van der Waals surface area contributed by atoms with E-state index in [-0.39, 0.29) is 0 Å². The molecule has 1 aliphatic heterocycles. The Morgan fingerprint density at radius 1 is 1.12 bits per heavy atom. The third-order valence-corrected chi connectivity index (χ3v) is 3.55. The highest BCUT2D eigenvalue weighted by atomic mass is 32.1. The van der Waals surface area contributed by atoms with E-state index in [2.05, 4.69) is 28.9 Å². The zero-order valence-electron chi connectivity index (χ0n) is 9.31. The van der Waals surface area contributed by atoms with E-state index in [1.54, 1.807) is 11.3 Å². The minimum absolute atomic E-state index is 0.331. The van der Waals surface area contributed by atoms with Gasteiger partial charge >= 0.3 is 0 Å². The number of nitrogens with one attached hydrogen (secondary N) is 1. The molecule has 1 aliphatic rings. The molecule has 88 valence electrons. The second kappa shape index (κ2) is 4.77. The topological polar surface area (TPSA) is 30.5 Å². The Bertz CT molecular complexity index is 496. The van der Waals surface area contributed by atoms with Crippen molar-refractivity contribution in [3.8, 4) is 11.5 Å². The predicted octanol–water partition coefficient (Wildman–Crippen LogP) is 2.77. The van der Waals surface area contributed by atoms with Crippen molar-refractivity contribution in [2.75, 3.05) is 6.79 Å². The molecule has 0 unspecified atom stereocenters. The second-order valence-electron chi connectivity index (χ2n) is 3.83. The van der Waals surface area contributed by atoms with Crippen LogP contribution in [0.2, 0.25) is 0 Å². The van der Waals surface area contributed by atoms with Crippen LogP contribution in [0.5, 0.6) is 11.5 Å². The van der Waals surface area contributed by atoms with Gasteiger partial charge in [-0.2, -0.15) is 0 Å². The zero-order chi connectivity index (χ0) is 11.5. The molecular formula is C13H13NO2S. The number of para-hydroxylation sites is 1. The molecule has 0 atom stereocenters. The van der Waals surface area contributed by atoms with Crippen LogP contribution in [-0.2, 0) is 13.1 Å². The average Bonchev–Trinajstić information content (AvgIpc) is 2.99. The molecule has 0 amide bonds. The lowest BCUT2D eigenvalue weighted by Crippen LogP contribution is -2.12. The Morgan fingerprint density at radius 2 is 2.12 bits per heavy atom. The summed E-state index contributed by atoms with van der Waals surface area (Å²) in [7, 11) is 0. The molecule has 2 aromatic rings. The van der Waals surface area contributed by atoms with Gasteiger partial charge in [0.1, 0.15) is 0 Å². The Balaban J connectivity index is 1.64. The number of fused-ring (bicyclic) bond motifs is 1. The fraction of sp³-hybridized carbons (Fsp3) is 0.231. The summed E-state index contributed by atoms with van der Waals surface area (Å²) in [5.41, 5.74) is 1.15. The van der Waals surface area contributed by atoms with Gasteiger partial charge in [0.05, 0.1) is 0 Å². The summed E-state index contributed by atoms with van der Waals surface area (Å²) in [6.07, 6.45) is 0. The van der Waals surface area contributed by atoms with Crippen LogP contribution in [0.15, 0.2) is 35.7 Å². The Hall–Kier alpha value is -1.52. The first-order valence-electron chi connectivity index (χ1n) is 5.54.